The molecule has 1 saturated heterocycles. The van der Waals surface area contributed by atoms with Crippen LogP contribution in [0.3, 0.4) is 0 Å². The van der Waals surface area contributed by atoms with Crippen molar-refractivity contribution in [3.63, 3.8) is 0 Å². The van der Waals surface area contributed by atoms with E-state index in [2.05, 4.69) is 27.2 Å². The summed E-state index contributed by atoms with van der Waals surface area (Å²) in [5.41, 5.74) is 0.945. The van der Waals surface area contributed by atoms with E-state index in [9.17, 15) is 4.79 Å². The molecule has 4 rings (SSSR count). The van der Waals surface area contributed by atoms with Gasteiger partial charge in [-0.2, -0.15) is 0 Å². The molecule has 1 aromatic carbocycles. The van der Waals surface area contributed by atoms with E-state index in [0.29, 0.717) is 11.7 Å². The number of hydrogen-bond donors (Lipinski definition) is 1. The zero-order valence-electron chi connectivity index (χ0n) is 14.9. The third kappa shape index (κ3) is 3.39. The molecule has 134 valence electrons. The van der Waals surface area contributed by atoms with Gasteiger partial charge in [-0.15, -0.1) is 0 Å². The van der Waals surface area contributed by atoms with Crippen molar-refractivity contribution >= 4 is 22.6 Å². The summed E-state index contributed by atoms with van der Waals surface area (Å²) >= 11 is 0. The summed E-state index contributed by atoms with van der Waals surface area (Å²) in [7, 11) is 2.06. The Morgan fingerprint density at radius 1 is 1.08 bits per heavy atom. The lowest BCUT2D eigenvalue weighted by Gasteiger charge is -2.32. The lowest BCUT2D eigenvalue weighted by atomic mass is 10.1. The quantitative estimate of drug-likeness (QED) is 0.768. The lowest BCUT2D eigenvalue weighted by molar-refractivity contribution is 0.164. The number of aromatic nitrogens is 2. The fourth-order valence-electron chi connectivity index (χ4n) is 3.06. The number of aryl methyl sites for hydroxylation is 1. The third-order valence-corrected chi connectivity index (χ3v) is 4.65. The minimum absolute atomic E-state index is 0.105. The molecule has 1 N–H and O–H groups in total. The van der Waals surface area contributed by atoms with Gasteiger partial charge in [0, 0.05) is 50.2 Å². The first-order valence-corrected chi connectivity index (χ1v) is 8.65. The molecule has 26 heavy (non-hydrogen) atoms. The fourth-order valence-corrected chi connectivity index (χ4v) is 3.06. The van der Waals surface area contributed by atoms with E-state index in [0.717, 1.165) is 48.3 Å². The molecule has 1 aliphatic heterocycles. The van der Waals surface area contributed by atoms with Crippen molar-refractivity contribution < 1.29 is 9.21 Å². The maximum Gasteiger partial charge on any atom is 0.323 e. The number of carbonyl (C=O) groups is 1. The largest absolute Gasteiger partial charge is 0.441 e. The van der Waals surface area contributed by atoms with Crippen LogP contribution in [0.5, 0.6) is 0 Å². The highest BCUT2D eigenvalue weighted by molar-refractivity contribution is 5.93. The second kappa shape index (κ2) is 6.76. The van der Waals surface area contributed by atoms with Gasteiger partial charge in [-0.25, -0.2) is 14.8 Å². The molecular weight excluding hydrogens is 330 g/mol. The lowest BCUT2D eigenvalue weighted by Crippen LogP contribution is -2.48. The molecule has 0 radical (unpaired) electrons. The van der Waals surface area contributed by atoms with E-state index in [4.69, 9.17) is 4.42 Å². The van der Waals surface area contributed by atoms with Gasteiger partial charge in [0.05, 0.1) is 6.20 Å². The van der Waals surface area contributed by atoms with Crippen LogP contribution in [0.15, 0.2) is 41.1 Å². The highest BCUT2D eigenvalue weighted by Crippen LogP contribution is 2.26. The number of likely N-dealkylation sites (N-methyl/N-ethyl adjacent to an activating group) is 1. The second-order valence-corrected chi connectivity index (χ2v) is 6.60. The van der Waals surface area contributed by atoms with Crippen molar-refractivity contribution in [2.45, 2.75) is 6.92 Å². The first-order chi connectivity index (χ1) is 12.6. The number of benzene rings is 1. The Balaban J connectivity index is 1.55. The van der Waals surface area contributed by atoms with Crippen LogP contribution in [-0.4, -0.2) is 59.0 Å². The smallest absolute Gasteiger partial charge is 0.323 e. The van der Waals surface area contributed by atoms with Gasteiger partial charge in [0.2, 0.25) is 0 Å². The number of anilines is 1. The van der Waals surface area contributed by atoms with Crippen molar-refractivity contribution in [2.75, 3.05) is 38.5 Å². The molecule has 0 spiro atoms. The summed E-state index contributed by atoms with van der Waals surface area (Å²) < 4.78 is 5.59. The summed E-state index contributed by atoms with van der Waals surface area (Å²) in [6.07, 6.45) is 3.48. The number of nitrogens with zero attached hydrogens (tertiary/aromatic N) is 4. The van der Waals surface area contributed by atoms with Crippen molar-refractivity contribution in [2.24, 2.45) is 0 Å². The molecule has 7 heteroatoms. The molecule has 0 unspecified atom stereocenters. The molecule has 0 atom stereocenters. The van der Waals surface area contributed by atoms with Crippen LogP contribution in [0.25, 0.3) is 22.1 Å². The monoisotopic (exact) mass is 351 g/mol. The van der Waals surface area contributed by atoms with Gasteiger partial charge in [0.25, 0.3) is 0 Å². The molecule has 0 bridgehead atoms. The van der Waals surface area contributed by atoms with E-state index < -0.39 is 0 Å². The first-order valence-electron chi connectivity index (χ1n) is 8.65. The van der Waals surface area contributed by atoms with Gasteiger partial charge in [0.15, 0.2) is 11.7 Å². The van der Waals surface area contributed by atoms with E-state index >= 15 is 0 Å². The van der Waals surface area contributed by atoms with E-state index in [1.807, 2.05) is 36.1 Å². The van der Waals surface area contributed by atoms with Crippen LogP contribution in [0, 0.1) is 6.92 Å². The van der Waals surface area contributed by atoms with Crippen LogP contribution in [0.4, 0.5) is 10.6 Å². The summed E-state index contributed by atoms with van der Waals surface area (Å²) in [5, 5.41) is 4.89. The number of amides is 2. The molecule has 0 aliphatic carbocycles. The fraction of sp³-hybridized carbons (Fsp3) is 0.316. The molecule has 1 fully saturated rings. The summed E-state index contributed by atoms with van der Waals surface area (Å²) in [6, 6.07) is 7.76. The zero-order chi connectivity index (χ0) is 18.1. The van der Waals surface area contributed by atoms with Gasteiger partial charge in [-0.1, -0.05) is 12.1 Å². The molecule has 2 aromatic heterocycles. The average Bonchev–Trinajstić information content (AvgIpc) is 3.08. The standard InChI is InChI=1S/C19H21N5O2/c1-13-20-12-17(26-13)14-3-4-15-11-21-18(10-16(15)9-14)22-19(25)24-7-5-23(2)6-8-24/h3-4,9-12H,5-8H2,1-2H3,(H,21,22,25). The Hall–Kier alpha value is -2.93. The van der Waals surface area contributed by atoms with Crippen molar-refractivity contribution in [3.05, 3.63) is 42.5 Å². The molecule has 3 aromatic rings. The Morgan fingerprint density at radius 3 is 2.62 bits per heavy atom. The molecule has 0 saturated carbocycles. The van der Waals surface area contributed by atoms with Gasteiger partial charge < -0.3 is 14.2 Å². The normalized spacial score (nSPS) is 15.4. The maximum atomic E-state index is 12.4. The van der Waals surface area contributed by atoms with E-state index in [1.165, 1.54) is 0 Å². The van der Waals surface area contributed by atoms with Crippen LogP contribution in [0.2, 0.25) is 0 Å². The van der Waals surface area contributed by atoms with Crippen molar-refractivity contribution in [1.82, 2.24) is 19.8 Å². The van der Waals surface area contributed by atoms with Gasteiger partial charge in [-0.05, 0) is 24.6 Å². The number of pyridine rings is 1. The highest BCUT2D eigenvalue weighted by atomic mass is 16.4. The minimum atomic E-state index is -0.105. The second-order valence-electron chi connectivity index (χ2n) is 6.60. The predicted molar refractivity (Wildman–Crippen MR) is 100 cm³/mol. The zero-order valence-corrected chi connectivity index (χ0v) is 14.9. The van der Waals surface area contributed by atoms with Crippen molar-refractivity contribution in [3.8, 4) is 11.3 Å². The van der Waals surface area contributed by atoms with E-state index in [1.54, 1.807) is 12.4 Å². The average molecular weight is 351 g/mol. The molecular formula is C19H21N5O2. The van der Waals surface area contributed by atoms with Gasteiger partial charge in [0.1, 0.15) is 5.82 Å². The number of carbonyl (C=O) groups excluding carboxylic acids is 1. The number of rotatable bonds is 2. The number of piperazine rings is 1. The Bertz CT molecular complexity index is 944. The van der Waals surface area contributed by atoms with Crippen LogP contribution >= 0.6 is 0 Å². The Morgan fingerprint density at radius 2 is 1.88 bits per heavy atom. The van der Waals surface area contributed by atoms with Gasteiger partial charge in [-0.3, -0.25) is 5.32 Å². The number of fused-ring (bicyclic) bond motifs is 1. The molecule has 3 heterocycles. The Labute approximate surface area is 151 Å². The van der Waals surface area contributed by atoms with Crippen LogP contribution < -0.4 is 5.32 Å². The highest BCUT2D eigenvalue weighted by Gasteiger charge is 2.19. The van der Waals surface area contributed by atoms with Crippen LogP contribution in [0.1, 0.15) is 5.89 Å². The maximum absolute atomic E-state index is 12.4. The first kappa shape index (κ1) is 16.5. The summed E-state index contributed by atoms with van der Waals surface area (Å²) in [5.74, 6) is 1.91. The SMILES string of the molecule is Cc1ncc(-c2ccc3cnc(NC(=O)N4CCN(C)CC4)cc3c2)o1. The predicted octanol–water partition coefficient (Wildman–Crippen LogP) is 2.98. The van der Waals surface area contributed by atoms with Gasteiger partial charge >= 0.3 is 6.03 Å². The topological polar surface area (TPSA) is 74.5 Å². The number of oxazole rings is 1. The third-order valence-electron chi connectivity index (χ3n) is 4.65. The summed E-state index contributed by atoms with van der Waals surface area (Å²) in [4.78, 5) is 25.0. The van der Waals surface area contributed by atoms with Crippen LogP contribution in [-0.2, 0) is 0 Å². The number of hydrogen-bond acceptors (Lipinski definition) is 5. The Kier molecular flexibility index (Phi) is 4.30. The number of nitrogens with one attached hydrogen (secondary N) is 1. The molecule has 2 amide bonds. The number of urea groups is 1. The minimum Gasteiger partial charge on any atom is -0.441 e. The molecule has 7 nitrogen and oxygen atoms in total. The van der Waals surface area contributed by atoms with Crippen molar-refractivity contribution in [1.29, 1.82) is 0 Å². The van der Waals surface area contributed by atoms with E-state index in [-0.39, 0.29) is 6.03 Å². The summed E-state index contributed by atoms with van der Waals surface area (Å²) in [6.45, 7) is 5.05. The molecule has 1 aliphatic rings.